The molecular formula is C25H29ClN4O2. The highest BCUT2D eigenvalue weighted by Crippen LogP contribution is 2.23. The van der Waals surface area contributed by atoms with E-state index in [0.717, 1.165) is 45.0 Å². The Morgan fingerprint density at radius 1 is 1.06 bits per heavy atom. The van der Waals surface area contributed by atoms with Gasteiger partial charge in [0, 0.05) is 29.0 Å². The molecule has 1 aromatic heterocycles. The first-order valence-corrected chi connectivity index (χ1v) is 10.9. The van der Waals surface area contributed by atoms with E-state index in [4.69, 9.17) is 11.6 Å². The summed E-state index contributed by atoms with van der Waals surface area (Å²) >= 11 is 6.27. The maximum atomic E-state index is 12.9. The zero-order chi connectivity index (χ0) is 23.6. The molecule has 0 aliphatic heterocycles. The van der Waals surface area contributed by atoms with E-state index in [1.54, 1.807) is 11.7 Å². The molecule has 1 heterocycles. The van der Waals surface area contributed by atoms with Crippen LogP contribution in [0, 0.1) is 34.6 Å². The van der Waals surface area contributed by atoms with E-state index in [9.17, 15) is 9.59 Å². The second-order valence-electron chi connectivity index (χ2n) is 8.22. The number of nitrogens with zero attached hydrogens (tertiary/aromatic N) is 3. The van der Waals surface area contributed by atoms with Crippen molar-refractivity contribution in [2.24, 2.45) is 0 Å². The van der Waals surface area contributed by atoms with Crippen LogP contribution < -0.4 is 5.32 Å². The molecule has 3 aromatic rings. The topological polar surface area (TPSA) is 67.2 Å². The number of likely N-dealkylation sites (N-methyl/N-ethyl adjacent to an activating group) is 1. The average Bonchev–Trinajstić information content (AvgIpc) is 3.01. The van der Waals surface area contributed by atoms with Crippen molar-refractivity contribution in [1.29, 1.82) is 0 Å². The van der Waals surface area contributed by atoms with Crippen LogP contribution in [0.1, 0.15) is 33.6 Å². The molecule has 168 valence electrons. The maximum absolute atomic E-state index is 12.9. The molecule has 0 saturated heterocycles. The van der Waals surface area contributed by atoms with E-state index in [1.165, 1.54) is 4.90 Å². The molecule has 6 nitrogen and oxygen atoms in total. The number of aromatic nitrogens is 2. The Morgan fingerprint density at radius 3 is 2.47 bits per heavy atom. The lowest BCUT2D eigenvalue weighted by atomic mass is 10.1. The number of aryl methyl sites for hydroxylation is 3. The van der Waals surface area contributed by atoms with Gasteiger partial charge in [0.1, 0.15) is 0 Å². The Hall–Kier alpha value is -3.12. The van der Waals surface area contributed by atoms with E-state index in [2.05, 4.69) is 10.4 Å². The first-order valence-electron chi connectivity index (χ1n) is 10.5. The normalized spacial score (nSPS) is 10.8. The predicted octanol–water partition coefficient (Wildman–Crippen LogP) is 4.71. The summed E-state index contributed by atoms with van der Waals surface area (Å²) in [5, 5.41) is 8.17. The maximum Gasteiger partial charge on any atom is 0.243 e. The van der Waals surface area contributed by atoms with Gasteiger partial charge >= 0.3 is 0 Å². The number of benzene rings is 2. The Labute approximate surface area is 194 Å². The molecule has 7 heteroatoms. The zero-order valence-corrected chi connectivity index (χ0v) is 20.2. The molecule has 0 atom stereocenters. The molecular weight excluding hydrogens is 424 g/mol. The summed E-state index contributed by atoms with van der Waals surface area (Å²) in [5.41, 5.74) is 7.24. The highest BCUT2D eigenvalue weighted by atomic mass is 35.5. The minimum absolute atomic E-state index is 0.0218. The Balaban J connectivity index is 1.70. The number of nitrogens with one attached hydrogen (secondary N) is 1. The van der Waals surface area contributed by atoms with Gasteiger partial charge in [-0.25, -0.2) is 4.68 Å². The van der Waals surface area contributed by atoms with Crippen LogP contribution in [0.5, 0.6) is 0 Å². The quantitative estimate of drug-likeness (QED) is 0.589. The minimum Gasteiger partial charge on any atom is -0.336 e. The van der Waals surface area contributed by atoms with Crippen LogP contribution in [-0.4, -0.2) is 40.1 Å². The summed E-state index contributed by atoms with van der Waals surface area (Å²) < 4.78 is 1.80. The van der Waals surface area contributed by atoms with Crippen molar-refractivity contribution >= 4 is 29.1 Å². The summed E-state index contributed by atoms with van der Waals surface area (Å²) in [5.74, 6) is -0.373. The third kappa shape index (κ3) is 5.02. The number of carbonyl (C=O) groups is 2. The smallest absolute Gasteiger partial charge is 0.243 e. The predicted molar refractivity (Wildman–Crippen MR) is 129 cm³/mol. The van der Waals surface area contributed by atoms with Crippen molar-refractivity contribution in [2.75, 3.05) is 18.9 Å². The lowest BCUT2D eigenvalue weighted by Gasteiger charge is -2.18. The summed E-state index contributed by atoms with van der Waals surface area (Å²) in [6.07, 6.45) is 0.171. The number of anilines is 1. The molecule has 2 aromatic carbocycles. The summed E-state index contributed by atoms with van der Waals surface area (Å²) in [6, 6.07) is 11.5. The minimum atomic E-state index is -0.229. The summed E-state index contributed by atoms with van der Waals surface area (Å²) in [4.78, 5) is 26.8. The first kappa shape index (κ1) is 23.5. The van der Waals surface area contributed by atoms with Gasteiger partial charge in [-0.2, -0.15) is 5.10 Å². The van der Waals surface area contributed by atoms with Crippen LogP contribution in [-0.2, 0) is 16.0 Å². The van der Waals surface area contributed by atoms with E-state index >= 15 is 0 Å². The zero-order valence-electron chi connectivity index (χ0n) is 19.4. The molecule has 32 heavy (non-hydrogen) atoms. The number of hydrogen-bond acceptors (Lipinski definition) is 3. The highest BCUT2D eigenvalue weighted by molar-refractivity contribution is 6.31. The Morgan fingerprint density at radius 2 is 1.78 bits per heavy atom. The van der Waals surface area contributed by atoms with Gasteiger partial charge in [0.25, 0.3) is 0 Å². The van der Waals surface area contributed by atoms with Crippen LogP contribution >= 0.6 is 11.6 Å². The SMILES string of the molecule is Cc1ccc(-n2nc(C)c(CC(=O)N(C)CC(=O)Nc3cccc(C)c3C)c2C)cc1Cl. The highest BCUT2D eigenvalue weighted by Gasteiger charge is 2.20. The first-order chi connectivity index (χ1) is 15.1. The van der Waals surface area contributed by atoms with Crippen LogP contribution in [0.15, 0.2) is 36.4 Å². The fourth-order valence-corrected chi connectivity index (χ4v) is 3.74. The standard InChI is InChI=1S/C25H29ClN4O2/c1-15-8-7-9-23(17(15)3)27-24(31)14-29(6)25(32)13-21-18(4)28-30(19(21)5)20-11-10-16(2)22(26)12-20/h7-12H,13-14H2,1-6H3,(H,27,31). The molecule has 0 radical (unpaired) electrons. The molecule has 2 amide bonds. The Bertz CT molecular complexity index is 1180. The molecule has 0 aliphatic rings. The van der Waals surface area contributed by atoms with Crippen LogP contribution in [0.4, 0.5) is 5.69 Å². The molecule has 0 aliphatic carbocycles. The van der Waals surface area contributed by atoms with Gasteiger partial charge in [0.2, 0.25) is 11.8 Å². The molecule has 0 fully saturated rings. The Kier molecular flexibility index (Phi) is 7.04. The molecule has 0 unspecified atom stereocenters. The van der Waals surface area contributed by atoms with Crippen molar-refractivity contribution in [3.63, 3.8) is 0 Å². The summed E-state index contributed by atoms with van der Waals surface area (Å²) in [6.45, 7) is 9.70. The van der Waals surface area contributed by atoms with Gasteiger partial charge in [-0.1, -0.05) is 29.8 Å². The van der Waals surface area contributed by atoms with Gasteiger partial charge in [-0.15, -0.1) is 0 Å². The molecule has 0 spiro atoms. The van der Waals surface area contributed by atoms with E-state index < -0.39 is 0 Å². The van der Waals surface area contributed by atoms with Crippen LogP contribution in [0.3, 0.4) is 0 Å². The van der Waals surface area contributed by atoms with Gasteiger partial charge in [0.05, 0.1) is 24.3 Å². The molecule has 0 saturated carbocycles. The number of rotatable bonds is 6. The van der Waals surface area contributed by atoms with Crippen molar-refractivity contribution in [3.05, 3.63) is 75.1 Å². The number of carbonyl (C=O) groups excluding carboxylic acids is 2. The number of amides is 2. The van der Waals surface area contributed by atoms with E-state index in [0.29, 0.717) is 5.02 Å². The lowest BCUT2D eigenvalue weighted by Crippen LogP contribution is -2.36. The molecule has 1 N–H and O–H groups in total. The third-order valence-electron chi connectivity index (χ3n) is 5.85. The number of hydrogen-bond donors (Lipinski definition) is 1. The molecule has 0 bridgehead atoms. The van der Waals surface area contributed by atoms with Crippen LogP contribution in [0.25, 0.3) is 5.69 Å². The van der Waals surface area contributed by atoms with E-state index in [1.807, 2.05) is 71.0 Å². The van der Waals surface area contributed by atoms with Crippen molar-refractivity contribution in [1.82, 2.24) is 14.7 Å². The largest absolute Gasteiger partial charge is 0.336 e. The monoisotopic (exact) mass is 452 g/mol. The average molecular weight is 453 g/mol. The second-order valence-corrected chi connectivity index (χ2v) is 8.62. The van der Waals surface area contributed by atoms with E-state index in [-0.39, 0.29) is 24.8 Å². The lowest BCUT2D eigenvalue weighted by molar-refractivity contribution is -0.132. The summed E-state index contributed by atoms with van der Waals surface area (Å²) in [7, 11) is 1.64. The van der Waals surface area contributed by atoms with Crippen molar-refractivity contribution < 1.29 is 9.59 Å². The number of halogens is 1. The molecule has 3 rings (SSSR count). The second kappa shape index (κ2) is 9.57. The van der Waals surface area contributed by atoms with Gasteiger partial charge in [-0.3, -0.25) is 9.59 Å². The fourth-order valence-electron chi connectivity index (χ4n) is 3.56. The van der Waals surface area contributed by atoms with Gasteiger partial charge in [-0.05, 0) is 69.5 Å². The van der Waals surface area contributed by atoms with Crippen LogP contribution in [0.2, 0.25) is 5.02 Å². The fraction of sp³-hybridized carbons (Fsp3) is 0.320. The van der Waals surface area contributed by atoms with Gasteiger partial charge in [0.15, 0.2) is 0 Å². The van der Waals surface area contributed by atoms with Gasteiger partial charge < -0.3 is 10.2 Å². The van der Waals surface area contributed by atoms with Crippen molar-refractivity contribution in [3.8, 4) is 5.69 Å². The van der Waals surface area contributed by atoms with Crippen molar-refractivity contribution in [2.45, 2.75) is 41.0 Å². The third-order valence-corrected chi connectivity index (χ3v) is 6.26.